The van der Waals surface area contributed by atoms with Crippen molar-refractivity contribution in [2.45, 2.75) is 5.92 Å². The summed E-state index contributed by atoms with van der Waals surface area (Å²) in [6, 6.07) is 40.0. The van der Waals surface area contributed by atoms with E-state index in [-0.39, 0.29) is 5.92 Å². The standard InChI is InChI=1S/C33H22/c1-3-10-24-22(8-1)18-20-32-26(24)12-5-16-30(32)28-14-7-15-29(28)31-17-6-13-27-25-11-4-2-9-23(25)19-21-33(27)31/h1-21,28H. The number of fused-ring (bicyclic) bond motifs is 6. The molecule has 0 nitrogen and oxygen atoms in total. The second kappa shape index (κ2) is 7.18. The maximum atomic E-state index is 2.35. The Morgan fingerprint density at radius 3 is 1.79 bits per heavy atom. The third kappa shape index (κ3) is 2.78. The molecule has 6 aromatic carbocycles. The van der Waals surface area contributed by atoms with Gasteiger partial charge in [0.15, 0.2) is 0 Å². The summed E-state index contributed by atoms with van der Waals surface area (Å²) < 4.78 is 0. The van der Waals surface area contributed by atoms with Gasteiger partial charge in [0.25, 0.3) is 0 Å². The highest BCUT2D eigenvalue weighted by Gasteiger charge is 2.22. The van der Waals surface area contributed by atoms with Crippen LogP contribution >= 0.6 is 0 Å². The average Bonchev–Trinajstić information content (AvgIpc) is 3.37. The van der Waals surface area contributed by atoms with Crippen molar-refractivity contribution in [1.82, 2.24) is 0 Å². The van der Waals surface area contributed by atoms with Crippen LogP contribution in [-0.4, -0.2) is 0 Å². The molecular weight excluding hydrogens is 396 g/mol. The van der Waals surface area contributed by atoms with Gasteiger partial charge in [-0.1, -0.05) is 127 Å². The van der Waals surface area contributed by atoms with Crippen LogP contribution in [0.5, 0.6) is 0 Å². The Balaban J connectivity index is 1.44. The molecule has 0 fully saturated rings. The lowest BCUT2D eigenvalue weighted by Gasteiger charge is -2.19. The van der Waals surface area contributed by atoms with Gasteiger partial charge in [0.05, 0.1) is 0 Å². The molecule has 0 heteroatoms. The first-order chi connectivity index (χ1) is 16.4. The van der Waals surface area contributed by atoms with Crippen molar-refractivity contribution in [3.05, 3.63) is 139 Å². The maximum Gasteiger partial charge on any atom is 0.0284 e. The van der Waals surface area contributed by atoms with Crippen LogP contribution in [0.1, 0.15) is 17.0 Å². The predicted octanol–water partition coefficient (Wildman–Crippen LogP) is 9.04. The zero-order valence-corrected chi connectivity index (χ0v) is 18.2. The molecule has 7 rings (SSSR count). The van der Waals surface area contributed by atoms with Crippen LogP contribution in [0.15, 0.2) is 127 Å². The topological polar surface area (TPSA) is 0 Å². The molecule has 0 radical (unpaired) electrons. The van der Waals surface area contributed by atoms with Gasteiger partial charge in [-0.2, -0.15) is 0 Å². The normalized spacial score (nSPS) is 15.6. The van der Waals surface area contributed by atoms with E-state index in [1.165, 1.54) is 59.8 Å². The SMILES string of the molecule is C1=CC(c2cccc3c2ccc2ccccc23)C(c2cccc3c2ccc2ccccc23)=C1. The summed E-state index contributed by atoms with van der Waals surface area (Å²) in [5, 5.41) is 10.5. The first kappa shape index (κ1) is 18.4. The third-order valence-electron chi connectivity index (χ3n) is 7.17. The Bertz CT molecular complexity index is 1760. The molecule has 0 spiro atoms. The molecule has 0 saturated carbocycles. The smallest absolute Gasteiger partial charge is 0.0284 e. The van der Waals surface area contributed by atoms with E-state index in [1.807, 2.05) is 0 Å². The number of benzene rings is 6. The van der Waals surface area contributed by atoms with E-state index < -0.39 is 0 Å². The van der Waals surface area contributed by atoms with Crippen LogP contribution in [0.3, 0.4) is 0 Å². The second-order valence-electron chi connectivity index (χ2n) is 8.90. The molecule has 0 saturated heterocycles. The predicted molar refractivity (Wildman–Crippen MR) is 143 cm³/mol. The maximum absolute atomic E-state index is 2.35. The Morgan fingerprint density at radius 2 is 1.03 bits per heavy atom. The minimum absolute atomic E-state index is 0.243. The summed E-state index contributed by atoms with van der Waals surface area (Å²) in [5.74, 6) is 0.243. The van der Waals surface area contributed by atoms with E-state index >= 15 is 0 Å². The van der Waals surface area contributed by atoms with Crippen LogP contribution in [0.25, 0.3) is 48.7 Å². The van der Waals surface area contributed by atoms with Crippen molar-refractivity contribution in [3.8, 4) is 0 Å². The van der Waals surface area contributed by atoms with E-state index in [9.17, 15) is 0 Å². The van der Waals surface area contributed by atoms with E-state index in [2.05, 4.69) is 127 Å². The summed E-state index contributed by atoms with van der Waals surface area (Å²) >= 11 is 0. The van der Waals surface area contributed by atoms with Crippen molar-refractivity contribution >= 4 is 48.7 Å². The van der Waals surface area contributed by atoms with Crippen molar-refractivity contribution in [2.24, 2.45) is 0 Å². The van der Waals surface area contributed by atoms with E-state index in [0.717, 1.165) is 0 Å². The minimum Gasteiger partial charge on any atom is -0.0726 e. The van der Waals surface area contributed by atoms with Gasteiger partial charge >= 0.3 is 0 Å². The molecule has 1 atom stereocenters. The first-order valence-electron chi connectivity index (χ1n) is 11.6. The van der Waals surface area contributed by atoms with Gasteiger partial charge in [0.1, 0.15) is 0 Å². The molecule has 154 valence electrons. The molecule has 33 heavy (non-hydrogen) atoms. The van der Waals surface area contributed by atoms with Crippen molar-refractivity contribution < 1.29 is 0 Å². The second-order valence-corrected chi connectivity index (χ2v) is 8.90. The first-order valence-corrected chi connectivity index (χ1v) is 11.6. The molecular formula is C33H22. The lowest BCUT2D eigenvalue weighted by atomic mass is 9.84. The zero-order chi connectivity index (χ0) is 21.8. The monoisotopic (exact) mass is 418 g/mol. The van der Waals surface area contributed by atoms with Gasteiger partial charge in [-0.15, -0.1) is 0 Å². The fraction of sp³-hybridized carbons (Fsp3) is 0.0303. The van der Waals surface area contributed by atoms with Crippen molar-refractivity contribution in [2.75, 3.05) is 0 Å². The van der Waals surface area contributed by atoms with E-state index in [0.29, 0.717) is 0 Å². The summed E-state index contributed by atoms with van der Waals surface area (Å²) in [4.78, 5) is 0. The van der Waals surface area contributed by atoms with Gasteiger partial charge in [0, 0.05) is 5.92 Å². The van der Waals surface area contributed by atoms with Gasteiger partial charge in [-0.3, -0.25) is 0 Å². The molecule has 0 amide bonds. The zero-order valence-electron chi connectivity index (χ0n) is 18.2. The third-order valence-corrected chi connectivity index (χ3v) is 7.17. The summed E-state index contributed by atoms with van der Waals surface area (Å²) in [7, 11) is 0. The molecule has 6 aromatic rings. The quantitative estimate of drug-likeness (QED) is 0.246. The molecule has 1 aliphatic carbocycles. The number of allylic oxidation sites excluding steroid dienone is 4. The van der Waals surface area contributed by atoms with Crippen molar-refractivity contribution in [3.63, 3.8) is 0 Å². The molecule has 0 aliphatic heterocycles. The van der Waals surface area contributed by atoms with Crippen molar-refractivity contribution in [1.29, 1.82) is 0 Å². The van der Waals surface area contributed by atoms with Crippen LogP contribution in [0, 0.1) is 0 Å². The lowest BCUT2D eigenvalue weighted by Crippen LogP contribution is -1.99. The number of hydrogen-bond acceptors (Lipinski definition) is 0. The molecule has 1 aliphatic rings. The van der Waals surface area contributed by atoms with Crippen LogP contribution in [0.2, 0.25) is 0 Å². The minimum atomic E-state index is 0.243. The fourth-order valence-electron chi connectivity index (χ4n) is 5.63. The largest absolute Gasteiger partial charge is 0.0726 e. The lowest BCUT2D eigenvalue weighted by molar-refractivity contribution is 1.15. The summed E-state index contributed by atoms with van der Waals surface area (Å²) in [5.41, 5.74) is 4.07. The van der Waals surface area contributed by atoms with Crippen LogP contribution in [0.4, 0.5) is 0 Å². The number of hydrogen-bond donors (Lipinski definition) is 0. The number of rotatable bonds is 2. The van der Waals surface area contributed by atoms with E-state index in [4.69, 9.17) is 0 Å². The molecule has 0 N–H and O–H groups in total. The van der Waals surface area contributed by atoms with Gasteiger partial charge < -0.3 is 0 Å². The highest BCUT2D eigenvalue weighted by Crippen LogP contribution is 2.43. The molecule has 0 bridgehead atoms. The van der Waals surface area contributed by atoms with E-state index in [1.54, 1.807) is 0 Å². The Hall–Kier alpha value is -4.16. The van der Waals surface area contributed by atoms with Crippen LogP contribution < -0.4 is 0 Å². The Morgan fingerprint density at radius 1 is 0.424 bits per heavy atom. The molecule has 1 unspecified atom stereocenters. The average molecular weight is 419 g/mol. The van der Waals surface area contributed by atoms with Gasteiger partial charge in [-0.05, 0) is 59.8 Å². The highest BCUT2D eigenvalue weighted by atomic mass is 14.3. The highest BCUT2D eigenvalue weighted by molar-refractivity contribution is 6.12. The Labute approximate surface area is 193 Å². The summed E-state index contributed by atoms with van der Waals surface area (Å²) in [6.45, 7) is 0. The summed E-state index contributed by atoms with van der Waals surface area (Å²) in [6.07, 6.45) is 6.87. The van der Waals surface area contributed by atoms with Gasteiger partial charge in [0.2, 0.25) is 0 Å². The fourth-order valence-corrected chi connectivity index (χ4v) is 5.63. The van der Waals surface area contributed by atoms with Gasteiger partial charge in [-0.25, -0.2) is 0 Å². The Kier molecular flexibility index (Phi) is 4.01. The molecule has 0 heterocycles. The molecule has 0 aromatic heterocycles. The van der Waals surface area contributed by atoms with Crippen LogP contribution in [-0.2, 0) is 0 Å².